The molecule has 0 aromatic heterocycles. The molecular weight excluding hydrogens is 250 g/mol. The van der Waals surface area contributed by atoms with E-state index in [1.54, 1.807) is 12.1 Å². The number of benzene rings is 1. The molecule has 0 bridgehead atoms. The summed E-state index contributed by atoms with van der Waals surface area (Å²) in [5, 5.41) is 18.0. The van der Waals surface area contributed by atoms with E-state index in [1.807, 2.05) is 0 Å². The molecule has 0 amide bonds. The van der Waals surface area contributed by atoms with Crippen LogP contribution in [0.5, 0.6) is 5.75 Å². The molecule has 4 N–H and O–H groups in total. The molecule has 0 heterocycles. The first kappa shape index (κ1) is 11.0. The second kappa shape index (κ2) is 4.43. The quantitative estimate of drug-likeness (QED) is 0.760. The van der Waals surface area contributed by atoms with E-state index in [9.17, 15) is 9.90 Å². The molecule has 0 fully saturated rings. The number of phenolic OH excluding ortho intramolecular Hbond substituents is 1. The molecule has 0 saturated carbocycles. The first-order valence-electron chi connectivity index (χ1n) is 3.96. The van der Waals surface area contributed by atoms with Gasteiger partial charge in [0, 0.05) is 10.9 Å². The van der Waals surface area contributed by atoms with Gasteiger partial charge < -0.3 is 15.9 Å². The van der Waals surface area contributed by atoms with Crippen molar-refractivity contribution in [3.05, 3.63) is 28.2 Å². The van der Waals surface area contributed by atoms with Crippen molar-refractivity contribution in [1.29, 1.82) is 0 Å². The van der Waals surface area contributed by atoms with Gasteiger partial charge in [0.05, 0.1) is 0 Å². The smallest absolute Gasteiger partial charge is 0.320 e. The molecule has 1 aromatic rings. The lowest BCUT2D eigenvalue weighted by atomic mass is 10.1. The van der Waals surface area contributed by atoms with Gasteiger partial charge in [-0.15, -0.1) is 0 Å². The van der Waals surface area contributed by atoms with Crippen LogP contribution in [0.25, 0.3) is 0 Å². The summed E-state index contributed by atoms with van der Waals surface area (Å²) in [6, 6.07) is 3.83. The van der Waals surface area contributed by atoms with E-state index in [0.29, 0.717) is 5.56 Å². The van der Waals surface area contributed by atoms with Crippen molar-refractivity contribution in [1.82, 2.24) is 0 Å². The summed E-state index contributed by atoms with van der Waals surface area (Å²) < 4.78 is 0.780. The fourth-order valence-electron chi connectivity index (χ4n) is 1.04. The zero-order chi connectivity index (χ0) is 10.7. The Kier molecular flexibility index (Phi) is 3.49. The van der Waals surface area contributed by atoms with E-state index in [0.717, 1.165) is 4.47 Å². The van der Waals surface area contributed by atoms with Crippen LogP contribution in [0.4, 0.5) is 0 Å². The summed E-state index contributed by atoms with van der Waals surface area (Å²) in [6.07, 6.45) is 0.112. The molecule has 4 nitrogen and oxygen atoms in total. The van der Waals surface area contributed by atoms with Crippen molar-refractivity contribution < 1.29 is 15.0 Å². The van der Waals surface area contributed by atoms with Crippen molar-refractivity contribution in [2.45, 2.75) is 12.5 Å². The van der Waals surface area contributed by atoms with E-state index in [2.05, 4.69) is 15.9 Å². The van der Waals surface area contributed by atoms with Crippen LogP contribution < -0.4 is 5.73 Å². The van der Waals surface area contributed by atoms with Gasteiger partial charge in [0.2, 0.25) is 0 Å². The van der Waals surface area contributed by atoms with Crippen LogP contribution in [0.15, 0.2) is 22.7 Å². The van der Waals surface area contributed by atoms with Gasteiger partial charge in [0.15, 0.2) is 0 Å². The number of nitrogens with two attached hydrogens (primary N) is 1. The van der Waals surface area contributed by atoms with Crippen LogP contribution in [-0.4, -0.2) is 22.2 Å². The highest BCUT2D eigenvalue weighted by atomic mass is 79.9. The normalized spacial score (nSPS) is 12.4. The van der Waals surface area contributed by atoms with Crippen LogP contribution in [-0.2, 0) is 11.2 Å². The number of halogens is 1. The number of phenols is 1. The molecule has 0 aliphatic rings. The summed E-state index contributed by atoms with van der Waals surface area (Å²) in [6.45, 7) is 0. The van der Waals surface area contributed by atoms with Crippen molar-refractivity contribution in [2.24, 2.45) is 5.73 Å². The van der Waals surface area contributed by atoms with Crippen molar-refractivity contribution in [3.63, 3.8) is 0 Å². The maximum absolute atomic E-state index is 10.5. The van der Waals surface area contributed by atoms with Crippen molar-refractivity contribution >= 4 is 21.9 Å². The average Bonchev–Trinajstić information content (AvgIpc) is 2.11. The number of aromatic hydroxyl groups is 1. The summed E-state index contributed by atoms with van der Waals surface area (Å²) in [5.41, 5.74) is 5.86. The van der Waals surface area contributed by atoms with Gasteiger partial charge in [-0.25, -0.2) is 0 Å². The van der Waals surface area contributed by atoms with E-state index < -0.39 is 12.0 Å². The second-order valence-corrected chi connectivity index (χ2v) is 3.84. The van der Waals surface area contributed by atoms with Crippen LogP contribution in [0, 0.1) is 0 Å². The van der Waals surface area contributed by atoms with Gasteiger partial charge in [-0.3, -0.25) is 4.79 Å². The number of aliphatic carboxylic acids is 1. The highest BCUT2D eigenvalue weighted by molar-refractivity contribution is 9.10. The Labute approximate surface area is 89.5 Å². The number of rotatable bonds is 3. The molecule has 1 aromatic carbocycles. The van der Waals surface area contributed by atoms with Crippen LogP contribution >= 0.6 is 15.9 Å². The molecule has 76 valence electrons. The maximum atomic E-state index is 10.5. The van der Waals surface area contributed by atoms with Crippen LogP contribution in [0.3, 0.4) is 0 Å². The van der Waals surface area contributed by atoms with Crippen LogP contribution in [0.1, 0.15) is 5.56 Å². The van der Waals surface area contributed by atoms with Gasteiger partial charge in [-0.2, -0.15) is 0 Å². The summed E-state index contributed by atoms with van der Waals surface area (Å²) in [4.78, 5) is 10.5. The summed E-state index contributed by atoms with van der Waals surface area (Å²) in [7, 11) is 0. The molecule has 0 saturated heterocycles. The monoisotopic (exact) mass is 259 g/mol. The minimum atomic E-state index is -1.08. The zero-order valence-electron chi connectivity index (χ0n) is 7.27. The molecule has 0 aliphatic heterocycles. The first-order valence-corrected chi connectivity index (χ1v) is 4.76. The molecule has 5 heteroatoms. The highest BCUT2D eigenvalue weighted by Crippen LogP contribution is 2.22. The van der Waals surface area contributed by atoms with E-state index in [4.69, 9.17) is 10.8 Å². The number of hydrogen-bond donors (Lipinski definition) is 3. The minimum Gasteiger partial charge on any atom is -0.508 e. The Balaban J connectivity index is 2.85. The third kappa shape index (κ3) is 2.71. The fourth-order valence-corrected chi connectivity index (χ4v) is 1.45. The van der Waals surface area contributed by atoms with Gasteiger partial charge in [0.25, 0.3) is 0 Å². The molecule has 0 spiro atoms. The third-order valence-corrected chi connectivity index (χ3v) is 2.29. The fraction of sp³-hybridized carbons (Fsp3) is 0.222. The van der Waals surface area contributed by atoms with Gasteiger partial charge in [-0.05, 0) is 23.8 Å². The maximum Gasteiger partial charge on any atom is 0.320 e. The largest absolute Gasteiger partial charge is 0.508 e. The standard InChI is InChI=1S/C9H10BrNO3/c10-6-1-2-8(12)5(3-6)4-7(11)9(13)14/h1-3,7,12H,4,11H2,(H,13,14)/t7-/m0/s1. The van der Waals surface area contributed by atoms with E-state index >= 15 is 0 Å². The zero-order valence-corrected chi connectivity index (χ0v) is 8.86. The molecule has 0 radical (unpaired) electrons. The molecule has 1 rings (SSSR count). The predicted octanol–water partition coefficient (Wildman–Crippen LogP) is 1.11. The van der Waals surface area contributed by atoms with E-state index in [1.165, 1.54) is 6.07 Å². The van der Waals surface area contributed by atoms with Crippen LogP contribution in [0.2, 0.25) is 0 Å². The lowest BCUT2D eigenvalue weighted by Gasteiger charge is -2.08. The Hall–Kier alpha value is -1.07. The lowest BCUT2D eigenvalue weighted by molar-refractivity contribution is -0.138. The Morgan fingerprint density at radius 1 is 1.57 bits per heavy atom. The predicted molar refractivity (Wildman–Crippen MR) is 55.1 cm³/mol. The Morgan fingerprint density at radius 3 is 2.79 bits per heavy atom. The lowest BCUT2D eigenvalue weighted by Crippen LogP contribution is -2.32. The summed E-state index contributed by atoms with van der Waals surface area (Å²) >= 11 is 3.22. The number of carboxylic acid groups (broad SMARTS) is 1. The first-order chi connectivity index (χ1) is 6.50. The molecule has 1 atom stereocenters. The van der Waals surface area contributed by atoms with Crippen molar-refractivity contribution in [2.75, 3.05) is 0 Å². The van der Waals surface area contributed by atoms with Gasteiger partial charge >= 0.3 is 5.97 Å². The average molecular weight is 260 g/mol. The Morgan fingerprint density at radius 2 is 2.21 bits per heavy atom. The molecular formula is C9H10BrNO3. The third-order valence-electron chi connectivity index (χ3n) is 1.80. The van der Waals surface area contributed by atoms with Gasteiger partial charge in [0.1, 0.15) is 11.8 Å². The molecule has 14 heavy (non-hydrogen) atoms. The number of carboxylic acids is 1. The second-order valence-electron chi connectivity index (χ2n) is 2.92. The van der Waals surface area contributed by atoms with Gasteiger partial charge in [-0.1, -0.05) is 15.9 Å². The molecule has 0 unspecified atom stereocenters. The Bertz CT molecular complexity index is 354. The molecule has 0 aliphatic carbocycles. The summed E-state index contributed by atoms with van der Waals surface area (Å²) in [5.74, 6) is -1.02. The van der Waals surface area contributed by atoms with Crippen molar-refractivity contribution in [3.8, 4) is 5.75 Å². The van der Waals surface area contributed by atoms with E-state index in [-0.39, 0.29) is 12.2 Å². The SMILES string of the molecule is N[C@@H](Cc1cc(Br)ccc1O)C(=O)O. The highest BCUT2D eigenvalue weighted by Gasteiger charge is 2.14. The number of carbonyl (C=O) groups is 1. The minimum absolute atomic E-state index is 0.0601. The topological polar surface area (TPSA) is 83.5 Å². The number of hydrogen-bond acceptors (Lipinski definition) is 3.